The molecular formula is C8H12BrN3O2. The van der Waals surface area contributed by atoms with Gasteiger partial charge in [0.2, 0.25) is 5.88 Å². The first-order chi connectivity index (χ1) is 6.77. The van der Waals surface area contributed by atoms with Gasteiger partial charge in [-0.15, -0.1) is 0 Å². The van der Waals surface area contributed by atoms with Crippen LogP contribution >= 0.6 is 15.9 Å². The number of ether oxygens (including phenoxy) is 2. The van der Waals surface area contributed by atoms with E-state index in [1.807, 2.05) is 7.05 Å². The van der Waals surface area contributed by atoms with Gasteiger partial charge in [0.15, 0.2) is 0 Å². The van der Waals surface area contributed by atoms with Crippen LogP contribution in [-0.4, -0.2) is 37.3 Å². The molecule has 1 aromatic rings. The molecule has 0 radical (unpaired) electrons. The fourth-order valence-electron chi connectivity index (χ4n) is 0.793. The quantitative estimate of drug-likeness (QED) is 0.797. The van der Waals surface area contributed by atoms with Crippen LogP contribution in [0.4, 0.5) is 0 Å². The number of nitrogens with one attached hydrogen (secondary N) is 1. The lowest BCUT2D eigenvalue weighted by atomic mass is 10.6. The average molecular weight is 262 g/mol. The van der Waals surface area contributed by atoms with Gasteiger partial charge in [-0.2, -0.15) is 4.98 Å². The predicted octanol–water partition coefficient (Wildman–Crippen LogP) is 0.846. The van der Waals surface area contributed by atoms with Crippen LogP contribution in [0, 0.1) is 0 Å². The standard InChI is InChI=1S/C8H12BrN3O2/c1-10-3-4-14-8-11-5-6(9)7(12-8)13-2/h5,10H,3-4H2,1-2H3. The molecule has 0 aliphatic heterocycles. The number of aromatic nitrogens is 2. The third-order valence-electron chi connectivity index (χ3n) is 1.47. The van der Waals surface area contributed by atoms with Crippen molar-refractivity contribution >= 4 is 15.9 Å². The second-order valence-electron chi connectivity index (χ2n) is 2.46. The molecule has 0 unspecified atom stereocenters. The van der Waals surface area contributed by atoms with E-state index in [4.69, 9.17) is 9.47 Å². The number of hydrogen-bond donors (Lipinski definition) is 1. The van der Waals surface area contributed by atoms with Gasteiger partial charge in [-0.05, 0) is 23.0 Å². The molecule has 0 spiro atoms. The van der Waals surface area contributed by atoms with Crippen LogP contribution in [-0.2, 0) is 0 Å². The van der Waals surface area contributed by atoms with Gasteiger partial charge in [0.05, 0.1) is 17.8 Å². The molecule has 1 heterocycles. The van der Waals surface area contributed by atoms with E-state index in [1.165, 1.54) is 0 Å². The highest BCUT2D eigenvalue weighted by molar-refractivity contribution is 9.10. The molecule has 1 rings (SSSR count). The normalized spacial score (nSPS) is 9.93. The molecule has 0 saturated heterocycles. The lowest BCUT2D eigenvalue weighted by Crippen LogP contribution is -2.16. The monoisotopic (exact) mass is 261 g/mol. The Morgan fingerprint density at radius 2 is 2.36 bits per heavy atom. The molecule has 6 heteroatoms. The number of halogens is 1. The minimum absolute atomic E-state index is 0.320. The molecule has 14 heavy (non-hydrogen) atoms. The molecular weight excluding hydrogens is 250 g/mol. The van der Waals surface area contributed by atoms with Crippen molar-refractivity contribution in [2.24, 2.45) is 0 Å². The molecule has 0 bridgehead atoms. The summed E-state index contributed by atoms with van der Waals surface area (Å²) in [4.78, 5) is 8.00. The molecule has 0 fully saturated rings. The molecule has 5 nitrogen and oxygen atoms in total. The molecule has 78 valence electrons. The summed E-state index contributed by atoms with van der Waals surface area (Å²) in [5.74, 6) is 0.472. The van der Waals surface area contributed by atoms with E-state index < -0.39 is 0 Å². The number of likely N-dealkylation sites (N-methyl/N-ethyl adjacent to an activating group) is 1. The molecule has 0 aliphatic carbocycles. The van der Waals surface area contributed by atoms with Gasteiger partial charge in [-0.3, -0.25) is 0 Å². The summed E-state index contributed by atoms with van der Waals surface area (Å²) in [7, 11) is 3.40. The Hall–Kier alpha value is -0.880. The van der Waals surface area contributed by atoms with Gasteiger partial charge in [-0.25, -0.2) is 4.98 Å². The summed E-state index contributed by atoms with van der Waals surface area (Å²) < 4.78 is 11.0. The van der Waals surface area contributed by atoms with Crippen LogP contribution in [0.1, 0.15) is 0 Å². The average Bonchev–Trinajstić information content (AvgIpc) is 2.21. The molecule has 1 N–H and O–H groups in total. The fraction of sp³-hybridized carbons (Fsp3) is 0.500. The summed E-state index contributed by atoms with van der Waals surface area (Å²) in [6.07, 6.45) is 1.60. The Morgan fingerprint density at radius 1 is 1.57 bits per heavy atom. The molecule has 0 aliphatic rings. The molecule has 0 atom stereocenters. The van der Waals surface area contributed by atoms with E-state index in [0.717, 1.165) is 6.54 Å². The summed E-state index contributed by atoms with van der Waals surface area (Å²) in [6, 6.07) is 0.320. The highest BCUT2D eigenvalue weighted by Gasteiger charge is 2.05. The van der Waals surface area contributed by atoms with Crippen LogP contribution < -0.4 is 14.8 Å². The number of hydrogen-bond acceptors (Lipinski definition) is 5. The fourth-order valence-corrected chi connectivity index (χ4v) is 1.15. The van der Waals surface area contributed by atoms with Crippen molar-refractivity contribution in [1.82, 2.24) is 15.3 Å². The number of nitrogens with zero attached hydrogens (tertiary/aromatic N) is 2. The van der Waals surface area contributed by atoms with Crippen molar-refractivity contribution in [3.05, 3.63) is 10.7 Å². The largest absolute Gasteiger partial charge is 0.480 e. The van der Waals surface area contributed by atoms with E-state index in [-0.39, 0.29) is 0 Å². The maximum atomic E-state index is 5.26. The predicted molar refractivity (Wildman–Crippen MR) is 55.7 cm³/mol. The Bertz CT molecular complexity index is 296. The number of methoxy groups -OCH3 is 1. The van der Waals surface area contributed by atoms with E-state index in [0.29, 0.717) is 23.0 Å². The van der Waals surface area contributed by atoms with Crippen molar-refractivity contribution in [2.75, 3.05) is 27.3 Å². The smallest absolute Gasteiger partial charge is 0.319 e. The van der Waals surface area contributed by atoms with Crippen LogP contribution in [0.15, 0.2) is 10.7 Å². The maximum Gasteiger partial charge on any atom is 0.319 e. The van der Waals surface area contributed by atoms with Crippen molar-refractivity contribution < 1.29 is 9.47 Å². The van der Waals surface area contributed by atoms with E-state index >= 15 is 0 Å². The highest BCUT2D eigenvalue weighted by atomic mass is 79.9. The van der Waals surface area contributed by atoms with Crippen LogP contribution in [0.5, 0.6) is 11.9 Å². The van der Waals surface area contributed by atoms with Crippen LogP contribution in [0.3, 0.4) is 0 Å². The van der Waals surface area contributed by atoms with Gasteiger partial charge < -0.3 is 14.8 Å². The Balaban J connectivity index is 2.60. The van der Waals surface area contributed by atoms with E-state index in [1.54, 1.807) is 13.3 Å². The highest BCUT2D eigenvalue weighted by Crippen LogP contribution is 2.22. The van der Waals surface area contributed by atoms with Gasteiger partial charge in [-0.1, -0.05) is 0 Å². The van der Waals surface area contributed by atoms with Crippen molar-refractivity contribution in [3.63, 3.8) is 0 Å². The number of rotatable bonds is 5. The minimum atomic E-state index is 0.320. The first kappa shape index (κ1) is 11.2. The summed E-state index contributed by atoms with van der Waals surface area (Å²) in [5.41, 5.74) is 0. The molecule has 0 saturated carbocycles. The maximum absolute atomic E-state index is 5.26. The first-order valence-electron chi connectivity index (χ1n) is 4.12. The third-order valence-corrected chi connectivity index (χ3v) is 2.01. The van der Waals surface area contributed by atoms with E-state index in [2.05, 4.69) is 31.2 Å². The first-order valence-corrected chi connectivity index (χ1v) is 4.91. The second kappa shape index (κ2) is 5.77. The van der Waals surface area contributed by atoms with Crippen LogP contribution in [0.25, 0.3) is 0 Å². The summed E-state index contributed by atoms with van der Waals surface area (Å²) in [5, 5.41) is 2.96. The molecule has 0 amide bonds. The van der Waals surface area contributed by atoms with E-state index in [9.17, 15) is 0 Å². The Kier molecular flexibility index (Phi) is 4.61. The topological polar surface area (TPSA) is 56.3 Å². The van der Waals surface area contributed by atoms with Crippen molar-refractivity contribution in [1.29, 1.82) is 0 Å². The summed E-state index contributed by atoms with van der Waals surface area (Å²) >= 11 is 3.25. The van der Waals surface area contributed by atoms with Gasteiger partial charge >= 0.3 is 6.01 Å². The van der Waals surface area contributed by atoms with Gasteiger partial charge in [0, 0.05) is 6.54 Å². The summed E-state index contributed by atoms with van der Waals surface area (Å²) in [6.45, 7) is 1.28. The second-order valence-corrected chi connectivity index (χ2v) is 3.32. The molecule has 1 aromatic heterocycles. The SMILES string of the molecule is CNCCOc1ncc(Br)c(OC)n1. The Labute approximate surface area is 91.0 Å². The lowest BCUT2D eigenvalue weighted by Gasteiger charge is -2.05. The van der Waals surface area contributed by atoms with Crippen molar-refractivity contribution in [2.45, 2.75) is 0 Å². The van der Waals surface area contributed by atoms with Gasteiger partial charge in [0.25, 0.3) is 0 Å². The zero-order chi connectivity index (χ0) is 10.4. The van der Waals surface area contributed by atoms with Gasteiger partial charge in [0.1, 0.15) is 6.61 Å². The van der Waals surface area contributed by atoms with Crippen molar-refractivity contribution in [3.8, 4) is 11.9 Å². The molecule has 0 aromatic carbocycles. The lowest BCUT2D eigenvalue weighted by molar-refractivity contribution is 0.285. The minimum Gasteiger partial charge on any atom is -0.480 e. The van der Waals surface area contributed by atoms with Crippen LogP contribution in [0.2, 0.25) is 0 Å². The Morgan fingerprint density at radius 3 is 3.00 bits per heavy atom. The zero-order valence-electron chi connectivity index (χ0n) is 8.08. The third kappa shape index (κ3) is 3.12. The zero-order valence-corrected chi connectivity index (χ0v) is 9.67.